The zero-order valence-corrected chi connectivity index (χ0v) is 10.8. The number of nitriles is 1. The van der Waals surface area contributed by atoms with Crippen LogP contribution >= 0.6 is 0 Å². The highest BCUT2D eigenvalue weighted by Crippen LogP contribution is 2.06. The van der Waals surface area contributed by atoms with Crippen LogP contribution in [-0.2, 0) is 9.59 Å². The number of primary amides is 1. The van der Waals surface area contributed by atoms with E-state index in [1.165, 1.54) is 0 Å². The molecule has 0 aromatic carbocycles. The van der Waals surface area contributed by atoms with E-state index >= 15 is 0 Å². The van der Waals surface area contributed by atoms with Gasteiger partial charge in [-0.25, -0.2) is 0 Å². The summed E-state index contributed by atoms with van der Waals surface area (Å²) < 4.78 is 0. The van der Waals surface area contributed by atoms with E-state index in [4.69, 9.17) is 11.0 Å². The minimum absolute atomic E-state index is 0.177. The standard InChI is InChI=1S/C12H21N3O3/c1-8(2)7-10(16)12(18)15-9(11(14)17)5-3-4-6-13/h8-10,16H,3-5,7H2,1-2H3,(H2,14,17)(H,15,18)/t9-,10+/m0/s1. The Morgan fingerprint density at radius 3 is 2.50 bits per heavy atom. The Morgan fingerprint density at radius 1 is 1.44 bits per heavy atom. The highest BCUT2D eigenvalue weighted by Gasteiger charge is 2.22. The fourth-order valence-electron chi connectivity index (χ4n) is 1.49. The van der Waals surface area contributed by atoms with Crippen molar-refractivity contribution in [2.45, 2.75) is 51.7 Å². The van der Waals surface area contributed by atoms with Gasteiger partial charge in [0.1, 0.15) is 12.1 Å². The number of unbranched alkanes of at least 4 members (excludes halogenated alkanes) is 1. The Kier molecular flexibility index (Phi) is 7.72. The summed E-state index contributed by atoms with van der Waals surface area (Å²) in [4.78, 5) is 22.7. The summed E-state index contributed by atoms with van der Waals surface area (Å²) >= 11 is 0. The predicted molar refractivity (Wildman–Crippen MR) is 66.1 cm³/mol. The number of aliphatic hydroxyl groups excluding tert-OH is 1. The fourth-order valence-corrected chi connectivity index (χ4v) is 1.49. The largest absolute Gasteiger partial charge is 0.383 e. The molecule has 0 rings (SSSR count). The molecule has 0 aliphatic rings. The molecule has 2 atom stereocenters. The smallest absolute Gasteiger partial charge is 0.249 e. The lowest BCUT2D eigenvalue weighted by molar-refractivity contribution is -0.133. The van der Waals surface area contributed by atoms with Gasteiger partial charge >= 0.3 is 0 Å². The Morgan fingerprint density at radius 2 is 2.06 bits per heavy atom. The second-order valence-electron chi connectivity index (χ2n) is 4.66. The molecule has 4 N–H and O–H groups in total. The van der Waals surface area contributed by atoms with Gasteiger partial charge in [0.15, 0.2) is 0 Å². The number of aliphatic hydroxyl groups is 1. The van der Waals surface area contributed by atoms with Crippen LogP contribution < -0.4 is 11.1 Å². The van der Waals surface area contributed by atoms with Crippen molar-refractivity contribution in [3.8, 4) is 6.07 Å². The zero-order chi connectivity index (χ0) is 14.1. The minimum Gasteiger partial charge on any atom is -0.383 e. The molecule has 0 aromatic heterocycles. The molecule has 18 heavy (non-hydrogen) atoms. The van der Waals surface area contributed by atoms with Crippen molar-refractivity contribution in [3.63, 3.8) is 0 Å². The minimum atomic E-state index is -1.14. The van der Waals surface area contributed by atoms with Gasteiger partial charge in [-0.15, -0.1) is 0 Å². The number of rotatable bonds is 8. The summed E-state index contributed by atoms with van der Waals surface area (Å²) in [7, 11) is 0. The van der Waals surface area contributed by atoms with Crippen LogP contribution in [0.5, 0.6) is 0 Å². The number of carbonyl (C=O) groups is 2. The van der Waals surface area contributed by atoms with Gasteiger partial charge in [0.25, 0.3) is 0 Å². The van der Waals surface area contributed by atoms with E-state index in [0.717, 1.165) is 0 Å². The monoisotopic (exact) mass is 255 g/mol. The summed E-state index contributed by atoms with van der Waals surface area (Å²) in [5.74, 6) is -1.07. The Labute approximate surface area is 107 Å². The third-order valence-electron chi connectivity index (χ3n) is 2.44. The first-order valence-corrected chi connectivity index (χ1v) is 6.03. The van der Waals surface area contributed by atoms with E-state index in [1.807, 2.05) is 19.9 Å². The number of hydrogen-bond donors (Lipinski definition) is 3. The Bertz CT molecular complexity index is 323. The second kappa shape index (κ2) is 8.48. The van der Waals surface area contributed by atoms with Crippen LogP contribution in [0.2, 0.25) is 0 Å². The quantitative estimate of drug-likeness (QED) is 0.531. The second-order valence-corrected chi connectivity index (χ2v) is 4.66. The number of hydrogen-bond acceptors (Lipinski definition) is 4. The molecule has 0 fully saturated rings. The van der Waals surface area contributed by atoms with E-state index in [0.29, 0.717) is 25.7 Å². The highest BCUT2D eigenvalue weighted by atomic mass is 16.3. The molecule has 0 saturated carbocycles. The summed E-state index contributed by atoms with van der Waals surface area (Å²) in [6, 6.07) is 1.12. The van der Waals surface area contributed by atoms with Gasteiger partial charge in [0, 0.05) is 6.42 Å². The van der Waals surface area contributed by atoms with Crippen molar-refractivity contribution in [1.82, 2.24) is 5.32 Å². The first kappa shape index (κ1) is 16.4. The SMILES string of the molecule is CC(C)C[C@@H](O)C(=O)N[C@@H](CCCC#N)C(N)=O. The van der Waals surface area contributed by atoms with E-state index in [1.54, 1.807) is 0 Å². The summed E-state index contributed by atoms with van der Waals surface area (Å²) in [5, 5.41) is 20.4. The molecular formula is C12H21N3O3. The first-order chi connectivity index (χ1) is 8.38. The van der Waals surface area contributed by atoms with Gasteiger partial charge in [-0.1, -0.05) is 13.8 Å². The molecule has 0 aliphatic heterocycles. The average Bonchev–Trinajstić information content (AvgIpc) is 2.26. The lowest BCUT2D eigenvalue weighted by atomic mass is 10.0. The molecular weight excluding hydrogens is 234 g/mol. The molecule has 0 heterocycles. The van der Waals surface area contributed by atoms with Gasteiger partial charge in [-0.2, -0.15) is 5.26 Å². The lowest BCUT2D eigenvalue weighted by Gasteiger charge is -2.18. The van der Waals surface area contributed by atoms with E-state index in [2.05, 4.69) is 5.32 Å². The van der Waals surface area contributed by atoms with Gasteiger partial charge in [-0.3, -0.25) is 9.59 Å². The van der Waals surface area contributed by atoms with Crippen molar-refractivity contribution in [1.29, 1.82) is 5.26 Å². The highest BCUT2D eigenvalue weighted by molar-refractivity contribution is 5.88. The molecule has 0 aromatic rings. The maximum Gasteiger partial charge on any atom is 0.249 e. The molecule has 0 bridgehead atoms. The molecule has 0 spiro atoms. The molecule has 2 amide bonds. The van der Waals surface area contributed by atoms with Gasteiger partial charge < -0.3 is 16.2 Å². The summed E-state index contributed by atoms with van der Waals surface area (Å²) in [6.45, 7) is 3.77. The van der Waals surface area contributed by atoms with Crippen molar-refractivity contribution in [2.24, 2.45) is 11.7 Å². The average molecular weight is 255 g/mol. The maximum absolute atomic E-state index is 11.6. The van der Waals surface area contributed by atoms with Crippen molar-refractivity contribution in [3.05, 3.63) is 0 Å². The lowest BCUT2D eigenvalue weighted by Crippen LogP contribution is -2.48. The molecule has 0 saturated heterocycles. The number of nitrogens with two attached hydrogens (primary N) is 1. The Hall–Kier alpha value is -1.61. The van der Waals surface area contributed by atoms with Crippen LogP contribution in [0, 0.1) is 17.2 Å². The van der Waals surface area contributed by atoms with Gasteiger partial charge in [-0.05, 0) is 25.2 Å². The van der Waals surface area contributed by atoms with Crippen LogP contribution in [0.25, 0.3) is 0 Å². The Balaban J connectivity index is 4.27. The third kappa shape index (κ3) is 6.86. The summed E-state index contributed by atoms with van der Waals surface area (Å²) in [5.41, 5.74) is 5.15. The number of carbonyl (C=O) groups excluding carboxylic acids is 2. The summed E-state index contributed by atoms with van der Waals surface area (Å²) in [6.07, 6.45) is 0.278. The van der Waals surface area contributed by atoms with Gasteiger partial charge in [0.2, 0.25) is 11.8 Å². The number of amides is 2. The first-order valence-electron chi connectivity index (χ1n) is 6.03. The van der Waals surface area contributed by atoms with Crippen molar-refractivity contribution in [2.75, 3.05) is 0 Å². The molecule has 0 radical (unpaired) electrons. The molecule has 6 nitrogen and oxygen atoms in total. The van der Waals surface area contributed by atoms with Gasteiger partial charge in [0.05, 0.1) is 6.07 Å². The van der Waals surface area contributed by atoms with E-state index in [-0.39, 0.29) is 5.92 Å². The topological polar surface area (TPSA) is 116 Å². The maximum atomic E-state index is 11.6. The molecule has 102 valence electrons. The number of nitrogens with zero attached hydrogens (tertiary/aromatic N) is 1. The molecule has 6 heteroatoms. The van der Waals surface area contributed by atoms with E-state index in [9.17, 15) is 14.7 Å². The van der Waals surface area contributed by atoms with Crippen LogP contribution in [0.1, 0.15) is 39.5 Å². The normalized spacial score (nSPS) is 13.7. The van der Waals surface area contributed by atoms with Crippen LogP contribution in [-0.4, -0.2) is 29.1 Å². The van der Waals surface area contributed by atoms with Crippen LogP contribution in [0.4, 0.5) is 0 Å². The molecule has 0 unspecified atom stereocenters. The van der Waals surface area contributed by atoms with Crippen molar-refractivity contribution < 1.29 is 14.7 Å². The number of nitrogens with one attached hydrogen (secondary N) is 1. The zero-order valence-electron chi connectivity index (χ0n) is 10.8. The predicted octanol–water partition coefficient (Wildman–Crippen LogP) is 0.0574. The molecule has 0 aliphatic carbocycles. The van der Waals surface area contributed by atoms with E-state index < -0.39 is 24.0 Å². The fraction of sp³-hybridized carbons (Fsp3) is 0.750. The van der Waals surface area contributed by atoms with Crippen LogP contribution in [0.15, 0.2) is 0 Å². The third-order valence-corrected chi connectivity index (χ3v) is 2.44. The van der Waals surface area contributed by atoms with Crippen molar-refractivity contribution >= 4 is 11.8 Å². The van der Waals surface area contributed by atoms with Crippen LogP contribution in [0.3, 0.4) is 0 Å².